The first-order valence-electron chi connectivity index (χ1n) is 11.5. The first kappa shape index (κ1) is 27.1. The third kappa shape index (κ3) is 7.78. The van der Waals surface area contributed by atoms with E-state index in [1.807, 2.05) is 51.1 Å². The predicted octanol–water partition coefficient (Wildman–Crippen LogP) is 8.61. The van der Waals surface area contributed by atoms with Crippen LogP contribution in [0.25, 0.3) is 0 Å². The van der Waals surface area contributed by atoms with Crippen molar-refractivity contribution in [3.05, 3.63) is 95.0 Å². The fraction of sp³-hybridized carbons (Fsp3) is 0.241. The van der Waals surface area contributed by atoms with Gasteiger partial charge >= 0.3 is 5.97 Å². The van der Waals surface area contributed by atoms with Crippen LogP contribution in [0.3, 0.4) is 0 Å². The molecular formula is C29H27Cl2NO4. The van der Waals surface area contributed by atoms with E-state index in [1.54, 1.807) is 54.6 Å². The Hall–Kier alpha value is -3.46. The molecular weight excluding hydrogens is 497 g/mol. The quantitative estimate of drug-likeness (QED) is 0.249. The van der Waals surface area contributed by atoms with E-state index in [0.717, 1.165) is 5.75 Å². The number of carbonyl (C=O) groups excluding carboxylic acids is 1. The number of carbonyl (C=O) groups is 1. The Morgan fingerprint density at radius 2 is 1.39 bits per heavy atom. The summed E-state index contributed by atoms with van der Waals surface area (Å²) in [4.78, 5) is 13.0. The molecule has 0 amide bonds. The zero-order valence-electron chi connectivity index (χ0n) is 20.2. The number of esters is 1. The van der Waals surface area contributed by atoms with E-state index in [2.05, 4.69) is 6.07 Å². The lowest BCUT2D eigenvalue weighted by atomic mass is 9.84. The monoisotopic (exact) mass is 523 g/mol. The topological polar surface area (TPSA) is 68.6 Å². The maximum absolute atomic E-state index is 13.0. The van der Waals surface area contributed by atoms with Crippen molar-refractivity contribution in [2.75, 3.05) is 0 Å². The number of hydrogen-bond donors (Lipinski definition) is 0. The summed E-state index contributed by atoms with van der Waals surface area (Å²) in [6.45, 7) is 5.65. The molecule has 3 unspecified atom stereocenters. The summed E-state index contributed by atoms with van der Waals surface area (Å²) in [6.07, 6.45) is 0.507. The Morgan fingerprint density at radius 3 is 1.94 bits per heavy atom. The standard InChI is InChI=1S/C29H27Cl2NO4/c1-19(2)28(20(3)16-27(30)31)29(33)36-26(18-32)21-8-7-11-25(17-21)35-24-14-12-23(13-15-24)34-22-9-5-4-6-10-22/h4-17,19-20,26,28H,1-3H3. The van der Waals surface area contributed by atoms with Crippen LogP contribution in [0, 0.1) is 29.1 Å². The van der Waals surface area contributed by atoms with Gasteiger partial charge in [0, 0.05) is 5.56 Å². The predicted molar refractivity (Wildman–Crippen MR) is 141 cm³/mol. The molecule has 0 aliphatic carbocycles. The first-order chi connectivity index (χ1) is 17.3. The van der Waals surface area contributed by atoms with Crippen molar-refractivity contribution >= 4 is 29.2 Å². The Bertz CT molecular complexity index is 1220. The van der Waals surface area contributed by atoms with Gasteiger partial charge in [0.2, 0.25) is 6.10 Å². The number of nitriles is 1. The number of ether oxygens (including phenoxy) is 3. The van der Waals surface area contributed by atoms with Crippen molar-refractivity contribution in [2.45, 2.75) is 26.9 Å². The van der Waals surface area contributed by atoms with Crippen LogP contribution in [0.4, 0.5) is 0 Å². The largest absolute Gasteiger partial charge is 0.457 e. The van der Waals surface area contributed by atoms with Gasteiger partial charge in [-0.15, -0.1) is 0 Å². The normalized spacial score (nSPS) is 13.1. The molecule has 0 radical (unpaired) electrons. The van der Waals surface area contributed by atoms with Gasteiger partial charge in [-0.25, -0.2) is 0 Å². The highest BCUT2D eigenvalue weighted by atomic mass is 35.5. The van der Waals surface area contributed by atoms with E-state index >= 15 is 0 Å². The number of rotatable bonds is 10. The average Bonchev–Trinajstić information content (AvgIpc) is 2.84. The fourth-order valence-electron chi connectivity index (χ4n) is 3.84. The number of nitrogens with zero attached hydrogens (tertiary/aromatic N) is 1. The fourth-order valence-corrected chi connectivity index (χ4v) is 4.23. The van der Waals surface area contributed by atoms with Gasteiger partial charge in [0.25, 0.3) is 0 Å². The van der Waals surface area contributed by atoms with E-state index in [9.17, 15) is 10.1 Å². The van der Waals surface area contributed by atoms with E-state index in [1.165, 1.54) is 0 Å². The van der Waals surface area contributed by atoms with Crippen LogP contribution in [-0.4, -0.2) is 5.97 Å². The van der Waals surface area contributed by atoms with Crippen LogP contribution in [-0.2, 0) is 9.53 Å². The Morgan fingerprint density at radius 1 is 0.833 bits per heavy atom. The number of allylic oxidation sites excluding steroid dienone is 1. The maximum atomic E-state index is 13.0. The number of hydrogen-bond acceptors (Lipinski definition) is 5. The van der Waals surface area contributed by atoms with E-state index in [4.69, 9.17) is 37.4 Å². The van der Waals surface area contributed by atoms with E-state index < -0.39 is 18.0 Å². The molecule has 0 aromatic heterocycles. The molecule has 0 heterocycles. The van der Waals surface area contributed by atoms with E-state index in [0.29, 0.717) is 22.8 Å². The lowest BCUT2D eigenvalue weighted by Gasteiger charge is -2.25. The van der Waals surface area contributed by atoms with Crippen molar-refractivity contribution in [3.8, 4) is 29.1 Å². The SMILES string of the molecule is CC(C)C(C(=O)OC(C#N)c1cccc(Oc2ccc(Oc3ccccc3)cc2)c1)C(C)C=C(Cl)Cl. The minimum atomic E-state index is -1.09. The van der Waals surface area contributed by atoms with Crippen LogP contribution >= 0.6 is 23.2 Å². The summed E-state index contributed by atoms with van der Waals surface area (Å²) in [7, 11) is 0. The maximum Gasteiger partial charge on any atom is 0.311 e. The van der Waals surface area contributed by atoms with Gasteiger partial charge in [-0.1, -0.05) is 80.4 Å². The highest BCUT2D eigenvalue weighted by molar-refractivity contribution is 6.55. The van der Waals surface area contributed by atoms with Gasteiger partial charge in [-0.2, -0.15) is 5.26 Å². The van der Waals surface area contributed by atoms with Crippen molar-refractivity contribution in [1.82, 2.24) is 0 Å². The van der Waals surface area contributed by atoms with Crippen molar-refractivity contribution < 1.29 is 19.0 Å². The summed E-state index contributed by atoms with van der Waals surface area (Å²) in [5.74, 6) is 1.22. The van der Waals surface area contributed by atoms with E-state index in [-0.39, 0.29) is 16.3 Å². The summed E-state index contributed by atoms with van der Waals surface area (Å²) in [6, 6.07) is 25.6. The molecule has 3 rings (SSSR count). The average molecular weight is 524 g/mol. The highest BCUT2D eigenvalue weighted by Gasteiger charge is 2.31. The second-order valence-corrected chi connectivity index (χ2v) is 9.60. The van der Waals surface area contributed by atoms with Gasteiger partial charge in [0.05, 0.1) is 5.92 Å². The summed E-state index contributed by atoms with van der Waals surface area (Å²) in [5.41, 5.74) is 0.508. The third-order valence-electron chi connectivity index (χ3n) is 5.50. The second-order valence-electron chi connectivity index (χ2n) is 8.59. The molecule has 5 nitrogen and oxygen atoms in total. The molecule has 3 aromatic rings. The molecule has 0 saturated heterocycles. The van der Waals surface area contributed by atoms with Crippen LogP contribution in [0.1, 0.15) is 32.4 Å². The van der Waals surface area contributed by atoms with Crippen molar-refractivity contribution in [3.63, 3.8) is 0 Å². The smallest absolute Gasteiger partial charge is 0.311 e. The van der Waals surface area contributed by atoms with Crippen molar-refractivity contribution in [2.24, 2.45) is 17.8 Å². The molecule has 186 valence electrons. The van der Waals surface area contributed by atoms with Crippen LogP contribution < -0.4 is 9.47 Å². The Balaban J connectivity index is 1.69. The summed E-state index contributed by atoms with van der Waals surface area (Å²) in [5, 5.41) is 9.73. The Labute approximate surface area is 221 Å². The minimum Gasteiger partial charge on any atom is -0.457 e. The second kappa shape index (κ2) is 13.0. The minimum absolute atomic E-state index is 0.0423. The van der Waals surface area contributed by atoms with Gasteiger partial charge < -0.3 is 14.2 Å². The van der Waals surface area contributed by atoms with Crippen molar-refractivity contribution in [1.29, 1.82) is 5.26 Å². The lowest BCUT2D eigenvalue weighted by Crippen LogP contribution is -2.29. The molecule has 3 aromatic carbocycles. The zero-order valence-corrected chi connectivity index (χ0v) is 21.7. The first-order valence-corrected chi connectivity index (χ1v) is 12.3. The zero-order chi connectivity index (χ0) is 26.1. The van der Waals surface area contributed by atoms with Gasteiger partial charge in [0.15, 0.2) is 0 Å². The number of halogens is 2. The summed E-state index contributed by atoms with van der Waals surface area (Å²) < 4.78 is 17.4. The van der Waals surface area contributed by atoms with Gasteiger partial charge in [-0.3, -0.25) is 4.79 Å². The molecule has 0 aliphatic heterocycles. The molecule has 0 bridgehead atoms. The third-order valence-corrected chi connectivity index (χ3v) is 5.75. The lowest BCUT2D eigenvalue weighted by molar-refractivity contribution is -0.154. The van der Waals surface area contributed by atoms with Crippen LogP contribution in [0.15, 0.2) is 89.4 Å². The molecule has 0 N–H and O–H groups in total. The molecule has 0 fully saturated rings. The summed E-state index contributed by atoms with van der Waals surface area (Å²) >= 11 is 11.6. The Kier molecular flexibility index (Phi) is 9.81. The molecule has 3 atom stereocenters. The highest BCUT2D eigenvalue weighted by Crippen LogP contribution is 2.31. The number of benzene rings is 3. The number of para-hydroxylation sites is 1. The molecule has 0 aliphatic rings. The molecule has 0 spiro atoms. The molecule has 36 heavy (non-hydrogen) atoms. The molecule has 7 heteroatoms. The molecule has 0 saturated carbocycles. The van der Waals surface area contributed by atoms with Crippen LogP contribution in [0.2, 0.25) is 0 Å². The van der Waals surface area contributed by atoms with Gasteiger partial charge in [0.1, 0.15) is 33.6 Å². The van der Waals surface area contributed by atoms with Crippen LogP contribution in [0.5, 0.6) is 23.0 Å². The van der Waals surface area contributed by atoms with Gasteiger partial charge in [-0.05, 0) is 60.4 Å².